The van der Waals surface area contributed by atoms with Crippen molar-refractivity contribution in [2.75, 3.05) is 6.61 Å². The predicted molar refractivity (Wildman–Crippen MR) is 65.9 cm³/mol. The van der Waals surface area contributed by atoms with Crippen molar-refractivity contribution in [2.24, 2.45) is 0 Å². The molecule has 5 heteroatoms. The van der Waals surface area contributed by atoms with Crippen molar-refractivity contribution in [1.82, 2.24) is 5.32 Å². The number of ether oxygens (including phenoxy) is 1. The van der Waals surface area contributed by atoms with Gasteiger partial charge in [0.1, 0.15) is 6.26 Å². The Morgan fingerprint density at radius 3 is 2.83 bits per heavy atom. The number of rotatable bonds is 4. The molecule has 0 saturated heterocycles. The number of amides is 1. The molecule has 0 aromatic carbocycles. The van der Waals surface area contributed by atoms with Crippen LogP contribution in [-0.4, -0.2) is 18.6 Å². The third-order valence-electron chi connectivity index (χ3n) is 3.01. The van der Waals surface area contributed by atoms with E-state index in [1.807, 2.05) is 0 Å². The van der Waals surface area contributed by atoms with Gasteiger partial charge in [-0.1, -0.05) is 12.8 Å². The summed E-state index contributed by atoms with van der Waals surface area (Å²) in [6.45, 7) is 2.17. The van der Waals surface area contributed by atoms with Gasteiger partial charge in [0.05, 0.1) is 6.61 Å². The Morgan fingerprint density at radius 2 is 2.22 bits per heavy atom. The highest BCUT2D eigenvalue weighted by atomic mass is 16.5. The molecule has 1 heterocycles. The molecular formula is C13H17NO4. The minimum absolute atomic E-state index is 0.0374. The Balaban J connectivity index is 2.06. The van der Waals surface area contributed by atoms with Gasteiger partial charge in [0.2, 0.25) is 11.2 Å². The van der Waals surface area contributed by atoms with E-state index in [-0.39, 0.29) is 28.9 Å². The molecule has 1 aliphatic rings. The summed E-state index contributed by atoms with van der Waals surface area (Å²) in [6.07, 6.45) is 5.45. The SMILES string of the molecule is CCOc1coc(C(=O)NC2CCCC2)cc1=O. The van der Waals surface area contributed by atoms with Crippen molar-refractivity contribution < 1.29 is 13.9 Å². The van der Waals surface area contributed by atoms with Crippen LogP contribution in [0.5, 0.6) is 5.75 Å². The highest BCUT2D eigenvalue weighted by molar-refractivity contribution is 5.91. The molecule has 0 bridgehead atoms. The Bertz CT molecular complexity index is 474. The smallest absolute Gasteiger partial charge is 0.287 e. The number of carbonyl (C=O) groups excluding carboxylic acids is 1. The van der Waals surface area contributed by atoms with E-state index in [2.05, 4.69) is 5.32 Å². The maximum Gasteiger partial charge on any atom is 0.287 e. The van der Waals surface area contributed by atoms with Crippen LogP contribution >= 0.6 is 0 Å². The summed E-state index contributed by atoms with van der Waals surface area (Å²) in [4.78, 5) is 23.4. The first-order valence-electron chi connectivity index (χ1n) is 6.27. The second-order valence-corrected chi connectivity index (χ2v) is 4.36. The zero-order valence-corrected chi connectivity index (χ0v) is 10.4. The molecule has 1 amide bonds. The van der Waals surface area contributed by atoms with E-state index in [1.165, 1.54) is 12.3 Å². The summed E-state index contributed by atoms with van der Waals surface area (Å²) in [5.74, 6) is -0.160. The molecule has 0 radical (unpaired) electrons. The van der Waals surface area contributed by atoms with Crippen LogP contribution in [0.4, 0.5) is 0 Å². The summed E-state index contributed by atoms with van der Waals surface area (Å²) in [7, 11) is 0. The lowest BCUT2D eigenvalue weighted by Gasteiger charge is -2.11. The first-order chi connectivity index (χ1) is 8.70. The Kier molecular flexibility index (Phi) is 4.02. The van der Waals surface area contributed by atoms with E-state index < -0.39 is 0 Å². The van der Waals surface area contributed by atoms with Crippen molar-refractivity contribution >= 4 is 5.91 Å². The molecule has 0 aliphatic heterocycles. The largest absolute Gasteiger partial charge is 0.487 e. The van der Waals surface area contributed by atoms with E-state index in [1.54, 1.807) is 6.92 Å². The van der Waals surface area contributed by atoms with Gasteiger partial charge in [-0.05, 0) is 19.8 Å². The molecule has 1 aliphatic carbocycles. The Labute approximate surface area is 105 Å². The van der Waals surface area contributed by atoms with E-state index in [0.717, 1.165) is 25.7 Å². The maximum atomic E-state index is 11.8. The number of nitrogens with one attached hydrogen (secondary N) is 1. The average Bonchev–Trinajstić information content (AvgIpc) is 2.84. The molecular weight excluding hydrogens is 234 g/mol. The summed E-state index contributed by atoms with van der Waals surface area (Å²) in [5.41, 5.74) is -0.334. The first kappa shape index (κ1) is 12.7. The second kappa shape index (κ2) is 5.71. The van der Waals surface area contributed by atoms with Crippen LogP contribution in [0.2, 0.25) is 0 Å². The summed E-state index contributed by atoms with van der Waals surface area (Å²) in [6, 6.07) is 1.38. The van der Waals surface area contributed by atoms with Gasteiger partial charge in [0, 0.05) is 12.1 Å². The van der Waals surface area contributed by atoms with Gasteiger partial charge in [-0.15, -0.1) is 0 Å². The normalized spacial score (nSPS) is 15.6. The molecule has 0 spiro atoms. The highest BCUT2D eigenvalue weighted by Crippen LogP contribution is 2.18. The standard InChI is InChI=1S/C13H17NO4/c1-2-17-12-8-18-11(7-10(12)15)13(16)14-9-5-3-4-6-9/h7-9H,2-6H2,1H3,(H,14,16). The highest BCUT2D eigenvalue weighted by Gasteiger charge is 2.19. The summed E-state index contributed by atoms with van der Waals surface area (Å²) >= 11 is 0. The Hall–Kier alpha value is -1.78. The van der Waals surface area contributed by atoms with E-state index in [4.69, 9.17) is 9.15 Å². The molecule has 0 atom stereocenters. The fourth-order valence-corrected chi connectivity index (χ4v) is 2.11. The van der Waals surface area contributed by atoms with Crippen LogP contribution in [0.3, 0.4) is 0 Å². The van der Waals surface area contributed by atoms with Crippen LogP contribution in [0.25, 0.3) is 0 Å². The topological polar surface area (TPSA) is 68.5 Å². The lowest BCUT2D eigenvalue weighted by molar-refractivity contribution is 0.0906. The third kappa shape index (κ3) is 2.91. The fraction of sp³-hybridized carbons (Fsp3) is 0.538. The average molecular weight is 251 g/mol. The zero-order chi connectivity index (χ0) is 13.0. The summed E-state index contributed by atoms with van der Waals surface area (Å²) in [5, 5.41) is 2.86. The van der Waals surface area contributed by atoms with Gasteiger partial charge in [0.25, 0.3) is 5.91 Å². The Morgan fingerprint density at radius 1 is 1.50 bits per heavy atom. The molecule has 1 saturated carbocycles. The monoisotopic (exact) mass is 251 g/mol. The third-order valence-corrected chi connectivity index (χ3v) is 3.01. The van der Waals surface area contributed by atoms with Crippen LogP contribution in [0, 0.1) is 0 Å². The maximum absolute atomic E-state index is 11.8. The fourth-order valence-electron chi connectivity index (χ4n) is 2.11. The minimum Gasteiger partial charge on any atom is -0.487 e. The van der Waals surface area contributed by atoms with Crippen molar-refractivity contribution in [3.63, 3.8) is 0 Å². The lowest BCUT2D eigenvalue weighted by atomic mass is 10.2. The van der Waals surface area contributed by atoms with Crippen LogP contribution in [-0.2, 0) is 0 Å². The predicted octanol–water partition coefficient (Wildman–Crippen LogP) is 1.71. The van der Waals surface area contributed by atoms with Crippen molar-refractivity contribution in [3.8, 4) is 5.75 Å². The quantitative estimate of drug-likeness (QED) is 0.884. The number of hydrogen-bond acceptors (Lipinski definition) is 4. The van der Waals surface area contributed by atoms with Gasteiger partial charge in [-0.25, -0.2) is 0 Å². The van der Waals surface area contributed by atoms with Crippen LogP contribution in [0.15, 0.2) is 21.5 Å². The van der Waals surface area contributed by atoms with Crippen LogP contribution in [0.1, 0.15) is 43.2 Å². The van der Waals surface area contributed by atoms with Crippen molar-refractivity contribution in [3.05, 3.63) is 28.3 Å². The number of carbonyl (C=O) groups is 1. The van der Waals surface area contributed by atoms with Crippen molar-refractivity contribution in [1.29, 1.82) is 0 Å². The second-order valence-electron chi connectivity index (χ2n) is 4.36. The molecule has 1 aromatic heterocycles. The van der Waals surface area contributed by atoms with Gasteiger partial charge < -0.3 is 14.5 Å². The minimum atomic E-state index is -0.334. The molecule has 2 rings (SSSR count). The van der Waals surface area contributed by atoms with Gasteiger partial charge in [-0.2, -0.15) is 0 Å². The van der Waals surface area contributed by atoms with Crippen LogP contribution < -0.4 is 15.5 Å². The molecule has 18 heavy (non-hydrogen) atoms. The molecule has 1 N–H and O–H groups in total. The molecule has 1 aromatic rings. The van der Waals surface area contributed by atoms with Gasteiger partial charge >= 0.3 is 0 Å². The first-order valence-corrected chi connectivity index (χ1v) is 6.27. The van der Waals surface area contributed by atoms with Gasteiger partial charge in [0.15, 0.2) is 5.76 Å². The molecule has 98 valence electrons. The van der Waals surface area contributed by atoms with E-state index in [0.29, 0.717) is 6.61 Å². The van der Waals surface area contributed by atoms with Crippen molar-refractivity contribution in [2.45, 2.75) is 38.6 Å². The lowest BCUT2D eigenvalue weighted by Crippen LogP contribution is -2.33. The van der Waals surface area contributed by atoms with E-state index >= 15 is 0 Å². The van der Waals surface area contributed by atoms with E-state index in [9.17, 15) is 9.59 Å². The van der Waals surface area contributed by atoms with Gasteiger partial charge in [-0.3, -0.25) is 9.59 Å². The summed E-state index contributed by atoms with van der Waals surface area (Å²) < 4.78 is 10.2. The molecule has 0 unspecified atom stereocenters. The zero-order valence-electron chi connectivity index (χ0n) is 10.4. The number of hydrogen-bond donors (Lipinski definition) is 1. The molecule has 5 nitrogen and oxygen atoms in total. The molecule has 1 fully saturated rings.